The van der Waals surface area contributed by atoms with Crippen molar-refractivity contribution in [1.82, 2.24) is 0 Å². The minimum Gasteiger partial charge on any atom is -0.326 e. The summed E-state index contributed by atoms with van der Waals surface area (Å²) in [6.45, 7) is 2.76. The van der Waals surface area contributed by atoms with Gasteiger partial charge in [-0.1, -0.05) is 41.6 Å². The number of thioether (sulfide) groups is 1. The van der Waals surface area contributed by atoms with Gasteiger partial charge in [-0.05, 0) is 54.6 Å². The van der Waals surface area contributed by atoms with E-state index in [1.165, 1.54) is 35.6 Å². The van der Waals surface area contributed by atoms with E-state index in [1.807, 2.05) is 11.8 Å². The van der Waals surface area contributed by atoms with Gasteiger partial charge >= 0.3 is 0 Å². The van der Waals surface area contributed by atoms with E-state index in [1.54, 1.807) is 23.1 Å². The summed E-state index contributed by atoms with van der Waals surface area (Å²) in [4.78, 5) is 3.81. The zero-order valence-corrected chi connectivity index (χ0v) is 15.7. The number of thiophene rings is 1. The summed E-state index contributed by atoms with van der Waals surface area (Å²) in [5, 5.41) is 0. The standard InChI is InChI=1S/C19H19NS3/c1-13-4-3-5-14(10-13)17-11-15(6-8-18(17)21-2)22-19-9-7-16(12-20)23-19/h3-11H,12,20H2,1-2H3. The minimum absolute atomic E-state index is 0.616. The zero-order valence-electron chi connectivity index (χ0n) is 13.2. The lowest BCUT2D eigenvalue weighted by Crippen LogP contribution is -1.90. The smallest absolute Gasteiger partial charge is 0.0649 e. The second kappa shape index (κ2) is 7.58. The molecule has 0 unspecified atom stereocenters. The first-order valence-corrected chi connectivity index (χ1v) is 10.3. The average Bonchev–Trinajstić information content (AvgIpc) is 3.02. The Morgan fingerprint density at radius 1 is 1.04 bits per heavy atom. The SMILES string of the molecule is CSc1ccc(Sc2ccc(CN)s2)cc1-c1cccc(C)c1. The van der Waals surface area contributed by atoms with Gasteiger partial charge in [-0.15, -0.1) is 23.1 Å². The van der Waals surface area contributed by atoms with Crippen molar-refractivity contribution in [2.24, 2.45) is 5.73 Å². The Hall–Kier alpha value is -1.20. The summed E-state index contributed by atoms with van der Waals surface area (Å²) < 4.78 is 1.29. The number of rotatable bonds is 5. The molecule has 1 nitrogen and oxygen atoms in total. The largest absolute Gasteiger partial charge is 0.326 e. The quantitative estimate of drug-likeness (QED) is 0.562. The fourth-order valence-electron chi connectivity index (χ4n) is 2.43. The van der Waals surface area contributed by atoms with Gasteiger partial charge in [0, 0.05) is 21.2 Å². The Morgan fingerprint density at radius 2 is 1.91 bits per heavy atom. The molecule has 0 aliphatic carbocycles. The van der Waals surface area contributed by atoms with Crippen molar-refractivity contribution in [3.05, 3.63) is 65.0 Å². The van der Waals surface area contributed by atoms with Crippen molar-refractivity contribution in [1.29, 1.82) is 0 Å². The molecule has 2 N–H and O–H groups in total. The molecule has 0 aliphatic rings. The summed E-state index contributed by atoms with van der Waals surface area (Å²) in [6.07, 6.45) is 2.13. The van der Waals surface area contributed by atoms with Gasteiger partial charge in [0.05, 0.1) is 4.21 Å². The van der Waals surface area contributed by atoms with Gasteiger partial charge in [-0.25, -0.2) is 0 Å². The topological polar surface area (TPSA) is 26.0 Å². The highest BCUT2D eigenvalue weighted by atomic mass is 32.2. The molecule has 0 atom stereocenters. The van der Waals surface area contributed by atoms with Gasteiger partial charge in [0.1, 0.15) is 0 Å². The molecule has 0 bridgehead atoms. The van der Waals surface area contributed by atoms with E-state index in [0.717, 1.165) is 0 Å². The van der Waals surface area contributed by atoms with E-state index in [4.69, 9.17) is 5.73 Å². The van der Waals surface area contributed by atoms with Crippen molar-refractivity contribution in [2.45, 2.75) is 27.5 Å². The molecule has 0 aliphatic heterocycles. The number of hydrogen-bond donors (Lipinski definition) is 1. The molecule has 0 amide bonds. The second-order valence-electron chi connectivity index (χ2n) is 5.26. The van der Waals surface area contributed by atoms with Crippen LogP contribution in [0.4, 0.5) is 0 Å². The van der Waals surface area contributed by atoms with Crippen LogP contribution in [0, 0.1) is 6.92 Å². The van der Waals surface area contributed by atoms with E-state index in [0.29, 0.717) is 6.54 Å². The van der Waals surface area contributed by atoms with Crippen molar-refractivity contribution in [3.8, 4) is 11.1 Å². The number of aryl methyl sites for hydroxylation is 1. The maximum atomic E-state index is 5.71. The lowest BCUT2D eigenvalue weighted by atomic mass is 10.0. The number of benzene rings is 2. The fourth-order valence-corrected chi connectivity index (χ4v) is 5.10. The molecule has 2 aromatic carbocycles. The van der Waals surface area contributed by atoms with Gasteiger partial charge in [0.2, 0.25) is 0 Å². The Balaban J connectivity index is 1.95. The Morgan fingerprint density at radius 3 is 2.61 bits per heavy atom. The average molecular weight is 358 g/mol. The van der Waals surface area contributed by atoms with Gasteiger partial charge in [-0.2, -0.15) is 0 Å². The van der Waals surface area contributed by atoms with E-state index in [-0.39, 0.29) is 0 Å². The zero-order chi connectivity index (χ0) is 16.2. The van der Waals surface area contributed by atoms with E-state index in [2.05, 4.69) is 67.8 Å². The Kier molecular flexibility index (Phi) is 5.49. The molecule has 0 saturated carbocycles. The van der Waals surface area contributed by atoms with Crippen LogP contribution in [0.2, 0.25) is 0 Å². The van der Waals surface area contributed by atoms with Crippen molar-refractivity contribution in [3.63, 3.8) is 0 Å². The third kappa shape index (κ3) is 4.01. The molecule has 1 aromatic heterocycles. The van der Waals surface area contributed by atoms with Gasteiger partial charge in [0.15, 0.2) is 0 Å². The third-order valence-corrected chi connectivity index (χ3v) is 6.58. The van der Waals surface area contributed by atoms with Crippen LogP contribution in [0.15, 0.2) is 68.6 Å². The lowest BCUT2D eigenvalue weighted by Gasteiger charge is -2.10. The summed E-state index contributed by atoms with van der Waals surface area (Å²) in [6, 6.07) is 19.7. The molecule has 0 spiro atoms. The number of hydrogen-bond acceptors (Lipinski definition) is 4. The molecule has 0 radical (unpaired) electrons. The van der Waals surface area contributed by atoms with Crippen LogP contribution in [0.25, 0.3) is 11.1 Å². The van der Waals surface area contributed by atoms with Crippen LogP contribution in [0.1, 0.15) is 10.4 Å². The Bertz CT molecular complexity index is 808. The lowest BCUT2D eigenvalue weighted by molar-refractivity contribution is 1.11. The summed E-state index contributed by atoms with van der Waals surface area (Å²) in [5.41, 5.74) is 9.59. The molecule has 118 valence electrons. The van der Waals surface area contributed by atoms with Crippen LogP contribution in [-0.4, -0.2) is 6.26 Å². The molecular weight excluding hydrogens is 338 g/mol. The second-order valence-corrected chi connectivity index (χ2v) is 8.65. The van der Waals surface area contributed by atoms with E-state index in [9.17, 15) is 0 Å². The molecule has 4 heteroatoms. The molecule has 3 aromatic rings. The molecule has 3 rings (SSSR count). The Labute approximate surface area is 150 Å². The van der Waals surface area contributed by atoms with Crippen LogP contribution < -0.4 is 5.73 Å². The summed E-state index contributed by atoms with van der Waals surface area (Å²) >= 11 is 5.38. The van der Waals surface area contributed by atoms with Gasteiger partial charge in [0.25, 0.3) is 0 Å². The predicted molar refractivity (Wildman–Crippen MR) is 105 cm³/mol. The normalized spacial score (nSPS) is 10.9. The fraction of sp³-hybridized carbons (Fsp3) is 0.158. The van der Waals surface area contributed by atoms with Crippen LogP contribution in [-0.2, 0) is 6.54 Å². The first-order chi connectivity index (χ1) is 11.2. The predicted octanol–water partition coefficient (Wildman–Crippen LogP) is 6.06. The third-order valence-electron chi connectivity index (χ3n) is 3.56. The highest BCUT2D eigenvalue weighted by Crippen LogP contribution is 2.38. The first kappa shape index (κ1) is 16.7. The van der Waals surface area contributed by atoms with Crippen molar-refractivity contribution in [2.75, 3.05) is 6.26 Å². The van der Waals surface area contributed by atoms with Crippen molar-refractivity contribution < 1.29 is 0 Å². The maximum absolute atomic E-state index is 5.71. The monoisotopic (exact) mass is 357 g/mol. The van der Waals surface area contributed by atoms with E-state index < -0.39 is 0 Å². The van der Waals surface area contributed by atoms with Crippen LogP contribution >= 0.6 is 34.9 Å². The highest BCUT2D eigenvalue weighted by Gasteiger charge is 2.08. The van der Waals surface area contributed by atoms with Gasteiger partial charge in [-0.3, -0.25) is 0 Å². The van der Waals surface area contributed by atoms with Gasteiger partial charge < -0.3 is 5.73 Å². The summed E-state index contributed by atoms with van der Waals surface area (Å²) in [7, 11) is 0. The van der Waals surface area contributed by atoms with Crippen LogP contribution in [0.5, 0.6) is 0 Å². The van der Waals surface area contributed by atoms with E-state index >= 15 is 0 Å². The molecule has 23 heavy (non-hydrogen) atoms. The minimum atomic E-state index is 0.616. The summed E-state index contributed by atoms with van der Waals surface area (Å²) in [5.74, 6) is 0. The highest BCUT2D eigenvalue weighted by molar-refractivity contribution is 8.01. The maximum Gasteiger partial charge on any atom is 0.0649 e. The number of nitrogens with two attached hydrogens (primary N) is 1. The molecule has 1 heterocycles. The first-order valence-electron chi connectivity index (χ1n) is 7.41. The van der Waals surface area contributed by atoms with Crippen LogP contribution in [0.3, 0.4) is 0 Å². The molecule has 0 fully saturated rings. The molecule has 0 saturated heterocycles. The molecular formula is C19H19NS3. The van der Waals surface area contributed by atoms with Crippen molar-refractivity contribution >= 4 is 34.9 Å².